The van der Waals surface area contributed by atoms with E-state index < -0.39 is 77.9 Å². The average Bonchev–Trinajstić information content (AvgIpc) is 2.92. The Kier molecular flexibility index (Phi) is 12.1. The van der Waals surface area contributed by atoms with E-state index in [0.717, 1.165) is 6.42 Å². The third kappa shape index (κ3) is 7.60. The van der Waals surface area contributed by atoms with Crippen LogP contribution in [0.15, 0.2) is 11.8 Å². The van der Waals surface area contributed by atoms with Crippen LogP contribution in [0.25, 0.3) is 0 Å². The summed E-state index contributed by atoms with van der Waals surface area (Å²) >= 11 is 0. The molecule has 13 atom stereocenters. The van der Waals surface area contributed by atoms with Crippen LogP contribution in [0.3, 0.4) is 0 Å². The molecule has 2 aliphatic heterocycles. The lowest BCUT2D eigenvalue weighted by Crippen LogP contribution is -2.70. The van der Waals surface area contributed by atoms with E-state index in [1.807, 2.05) is 6.08 Å². The van der Waals surface area contributed by atoms with Gasteiger partial charge in [0.1, 0.15) is 29.7 Å². The second kappa shape index (κ2) is 14.5. The molecule has 0 aromatic carbocycles. The minimum Gasteiger partial charge on any atom is -0.492 e. The summed E-state index contributed by atoms with van der Waals surface area (Å²) in [5.41, 5.74) is 20.8. The molecule has 15 N–H and O–H groups in total. The summed E-state index contributed by atoms with van der Waals surface area (Å²) in [4.78, 5) is 13.1. The molecular weight excluding hydrogens is 550 g/mol. The molecule has 3 unspecified atom stereocenters. The number of amides is 1. The van der Waals surface area contributed by atoms with Crippen LogP contribution in [0.5, 0.6) is 0 Å². The summed E-state index contributed by atoms with van der Waals surface area (Å²) in [6.45, 7) is 5.47. The van der Waals surface area contributed by atoms with Gasteiger partial charge in [-0.05, 0) is 66.2 Å². The van der Waals surface area contributed by atoms with Crippen LogP contribution in [0.4, 0.5) is 0 Å². The quantitative estimate of drug-likeness (QED) is 0.0942. The van der Waals surface area contributed by atoms with Gasteiger partial charge in [-0.3, -0.25) is 4.79 Å². The van der Waals surface area contributed by atoms with Crippen LogP contribution >= 0.6 is 0 Å². The molecule has 0 radical (unpaired) electrons. The number of carbonyl (C=O) groups excluding carboxylic acids is 1. The molecule has 0 aromatic rings. The summed E-state index contributed by atoms with van der Waals surface area (Å²) in [7, 11) is 1.59. The zero-order valence-electron chi connectivity index (χ0n) is 25.1. The number of hydrogen-bond donors (Lipinski definition) is 11. The van der Waals surface area contributed by atoms with Gasteiger partial charge in [0.2, 0.25) is 0 Å². The Bertz CT molecular complexity index is 923. The zero-order valence-corrected chi connectivity index (χ0v) is 25.1. The first-order chi connectivity index (χ1) is 19.7. The highest BCUT2D eigenvalue weighted by Gasteiger charge is 2.54. The van der Waals surface area contributed by atoms with Crippen molar-refractivity contribution in [2.75, 3.05) is 33.3 Å². The molecule has 15 nitrogen and oxygen atoms in total. The van der Waals surface area contributed by atoms with Gasteiger partial charge in [0.15, 0.2) is 11.9 Å². The van der Waals surface area contributed by atoms with E-state index in [1.165, 1.54) is 20.8 Å². The fourth-order valence-electron chi connectivity index (χ4n) is 6.06. The van der Waals surface area contributed by atoms with Crippen LogP contribution in [0, 0.1) is 5.92 Å². The van der Waals surface area contributed by atoms with Gasteiger partial charge in [0.25, 0.3) is 5.91 Å². The summed E-state index contributed by atoms with van der Waals surface area (Å²) < 4.78 is 18.2. The Hall–Kier alpha value is -1.47. The Morgan fingerprint density at radius 1 is 1.29 bits per heavy atom. The number of hydrogen-bond acceptors (Lipinski definition) is 14. The monoisotopic (exact) mass is 603 g/mol. The zero-order chi connectivity index (χ0) is 31.4. The van der Waals surface area contributed by atoms with E-state index in [4.69, 9.17) is 37.1 Å². The summed E-state index contributed by atoms with van der Waals surface area (Å²) in [6.07, 6.45) is -2.29. The maximum Gasteiger partial charge on any atom is 0.253 e. The second-order valence-corrected chi connectivity index (χ2v) is 12.3. The average molecular weight is 604 g/mol. The maximum atomic E-state index is 13.1. The van der Waals surface area contributed by atoms with Crippen molar-refractivity contribution >= 4 is 5.91 Å². The number of rotatable bonds is 12. The van der Waals surface area contributed by atoms with Crippen molar-refractivity contribution in [2.45, 2.75) is 112 Å². The smallest absolute Gasteiger partial charge is 0.253 e. The highest BCUT2D eigenvalue weighted by atomic mass is 16.7. The van der Waals surface area contributed by atoms with E-state index in [1.54, 1.807) is 7.05 Å². The van der Waals surface area contributed by atoms with Crippen molar-refractivity contribution in [3.05, 3.63) is 11.8 Å². The number of ether oxygens (including phenoxy) is 3. The largest absolute Gasteiger partial charge is 0.492 e. The number of nitrogens with one attached hydrogen (secondary N) is 3. The molecule has 244 valence electrons. The van der Waals surface area contributed by atoms with Crippen molar-refractivity contribution in [1.29, 1.82) is 0 Å². The van der Waals surface area contributed by atoms with Crippen molar-refractivity contribution in [3.63, 3.8) is 0 Å². The lowest BCUT2D eigenvalue weighted by molar-refractivity contribution is -0.297. The SMILES string of the molecule is CN[C@@H]1[C@@H](O)[C@@H](O[C@H]2[C@H](NC(=O)C(C)(O)C(C)N)C[C@H](N)C([C@H]3OC(CN)=CC[C@H]3NCCCN)[C@@H]2O)OC[C@]1(C)O. The molecule has 3 rings (SSSR count). The van der Waals surface area contributed by atoms with Gasteiger partial charge >= 0.3 is 0 Å². The molecule has 3 aliphatic rings. The fourth-order valence-corrected chi connectivity index (χ4v) is 6.06. The van der Waals surface area contributed by atoms with Gasteiger partial charge in [-0.1, -0.05) is 0 Å². The van der Waals surface area contributed by atoms with Crippen LogP contribution < -0.4 is 38.9 Å². The van der Waals surface area contributed by atoms with E-state index in [2.05, 4.69) is 16.0 Å². The van der Waals surface area contributed by atoms with Crippen molar-refractivity contribution < 1.29 is 39.4 Å². The van der Waals surface area contributed by atoms with E-state index in [9.17, 15) is 25.2 Å². The molecule has 0 spiro atoms. The molecule has 42 heavy (non-hydrogen) atoms. The van der Waals surface area contributed by atoms with E-state index >= 15 is 0 Å². The molecular formula is C27H53N7O8. The Morgan fingerprint density at radius 2 is 1.98 bits per heavy atom. The summed E-state index contributed by atoms with van der Waals surface area (Å²) in [6, 6.07) is -3.49. The Morgan fingerprint density at radius 3 is 2.57 bits per heavy atom. The summed E-state index contributed by atoms with van der Waals surface area (Å²) in [5, 5.41) is 53.5. The number of carbonyl (C=O) groups is 1. The third-order valence-corrected chi connectivity index (χ3v) is 8.89. The first-order valence-corrected chi connectivity index (χ1v) is 14.8. The lowest BCUT2D eigenvalue weighted by Gasteiger charge is -2.51. The van der Waals surface area contributed by atoms with Crippen molar-refractivity contribution in [2.24, 2.45) is 28.9 Å². The first-order valence-electron chi connectivity index (χ1n) is 14.8. The molecule has 1 saturated carbocycles. The molecule has 2 heterocycles. The van der Waals surface area contributed by atoms with Gasteiger partial charge in [0, 0.05) is 24.0 Å². The molecule has 1 aliphatic carbocycles. The standard InChI is InChI=1S/C27H53N7O8/c1-13(30)27(3,39)25(37)34-17-10-15(31)18(21-16(33-9-5-8-28)7-6-14(11-29)41-21)19(35)22(17)42-24-20(36)23(32-4)26(2,38)12-40-24/h6,13,15-24,32-33,35-36,38-39H,5,7-12,28-31H2,1-4H3,(H,34,37)/t13?,15-,16+,17+,18?,19-,20+,21-,22-,23+,24+,26-,27?/m0/s1. The normalized spacial score (nSPS) is 41.3. The number of nitrogens with two attached hydrogens (primary N) is 4. The topological polar surface area (TPSA) is 266 Å². The predicted octanol–water partition coefficient (Wildman–Crippen LogP) is -4.34. The molecule has 2 fully saturated rings. The minimum atomic E-state index is -1.92. The fraction of sp³-hybridized carbons (Fsp3) is 0.889. The number of aliphatic hydroxyl groups is 4. The Balaban J connectivity index is 1.94. The first kappa shape index (κ1) is 35.0. The Labute approximate surface area is 247 Å². The molecule has 1 amide bonds. The molecule has 15 heteroatoms. The highest BCUT2D eigenvalue weighted by molar-refractivity contribution is 5.85. The number of likely N-dealkylation sites (N-methyl/N-ethyl adjacent to an activating group) is 1. The predicted molar refractivity (Wildman–Crippen MR) is 154 cm³/mol. The third-order valence-electron chi connectivity index (χ3n) is 8.89. The van der Waals surface area contributed by atoms with Crippen LogP contribution in [0.2, 0.25) is 0 Å². The van der Waals surface area contributed by atoms with Gasteiger partial charge in [0.05, 0.1) is 31.3 Å². The summed E-state index contributed by atoms with van der Waals surface area (Å²) in [5.74, 6) is -0.882. The molecule has 1 saturated heterocycles. The van der Waals surface area contributed by atoms with Crippen LogP contribution in [0.1, 0.15) is 40.0 Å². The van der Waals surface area contributed by atoms with Gasteiger partial charge < -0.3 is 73.5 Å². The van der Waals surface area contributed by atoms with E-state index in [0.29, 0.717) is 25.3 Å². The highest BCUT2D eigenvalue weighted by Crippen LogP contribution is 2.37. The molecule has 0 aromatic heterocycles. The van der Waals surface area contributed by atoms with Crippen LogP contribution in [-0.4, -0.2) is 132 Å². The van der Waals surface area contributed by atoms with Crippen LogP contribution in [-0.2, 0) is 19.0 Å². The van der Waals surface area contributed by atoms with E-state index in [-0.39, 0.29) is 25.6 Å². The number of aliphatic hydroxyl groups excluding tert-OH is 2. The van der Waals surface area contributed by atoms with Gasteiger partial charge in [-0.15, -0.1) is 0 Å². The van der Waals surface area contributed by atoms with Crippen molar-refractivity contribution in [3.8, 4) is 0 Å². The van der Waals surface area contributed by atoms with Gasteiger partial charge in [-0.25, -0.2) is 0 Å². The van der Waals surface area contributed by atoms with Gasteiger partial charge in [-0.2, -0.15) is 0 Å². The maximum absolute atomic E-state index is 13.1. The van der Waals surface area contributed by atoms with Crippen molar-refractivity contribution in [1.82, 2.24) is 16.0 Å². The minimum absolute atomic E-state index is 0.139. The lowest BCUT2D eigenvalue weighted by atomic mass is 9.72. The molecule has 0 bridgehead atoms. The second-order valence-electron chi connectivity index (χ2n) is 12.3.